The maximum absolute atomic E-state index is 11.9. The van der Waals surface area contributed by atoms with E-state index in [-0.39, 0.29) is 10.6 Å². The molecule has 0 fully saturated rings. The topological polar surface area (TPSA) is 94.6 Å². The Morgan fingerprint density at radius 1 is 1.27 bits per heavy atom. The summed E-state index contributed by atoms with van der Waals surface area (Å²) in [6.07, 6.45) is 0. The molecular formula is C17H22N4O3S2. The molecule has 0 atom stereocenters. The van der Waals surface area contributed by atoms with Crippen molar-refractivity contribution in [2.24, 2.45) is 0 Å². The SMILES string of the molecule is Cc1ccc(CSc2nsc(NC(=O)NCCN(C)C)c2C(=O)O)cc1. The number of aryl methyl sites for hydroxylation is 1. The highest BCUT2D eigenvalue weighted by Gasteiger charge is 2.22. The fourth-order valence-corrected chi connectivity index (χ4v) is 3.92. The number of anilines is 1. The fourth-order valence-electron chi connectivity index (χ4n) is 2.02. The van der Waals surface area contributed by atoms with Gasteiger partial charge in [0, 0.05) is 18.8 Å². The van der Waals surface area contributed by atoms with Crippen molar-refractivity contribution < 1.29 is 14.7 Å². The van der Waals surface area contributed by atoms with Crippen LogP contribution in [0.4, 0.5) is 9.80 Å². The number of carboxylic acid groups (broad SMARTS) is 1. The summed E-state index contributed by atoms with van der Waals surface area (Å²) in [5.74, 6) is -0.493. The Hall–Kier alpha value is -2.10. The summed E-state index contributed by atoms with van der Waals surface area (Å²) >= 11 is 2.32. The lowest BCUT2D eigenvalue weighted by Crippen LogP contribution is -2.34. The van der Waals surface area contributed by atoms with Gasteiger partial charge in [0.05, 0.1) is 0 Å². The molecule has 0 saturated heterocycles. The van der Waals surface area contributed by atoms with Crippen molar-refractivity contribution >= 4 is 40.3 Å². The first kappa shape index (κ1) is 20.2. The van der Waals surface area contributed by atoms with Gasteiger partial charge in [0.2, 0.25) is 0 Å². The van der Waals surface area contributed by atoms with Crippen LogP contribution in [0.25, 0.3) is 0 Å². The van der Waals surface area contributed by atoms with Crippen LogP contribution in [0.1, 0.15) is 21.5 Å². The number of carbonyl (C=O) groups excluding carboxylic acids is 1. The molecule has 0 aliphatic carbocycles. The number of carbonyl (C=O) groups is 2. The summed E-state index contributed by atoms with van der Waals surface area (Å²) in [7, 11) is 3.81. The Morgan fingerprint density at radius 2 is 1.96 bits per heavy atom. The van der Waals surface area contributed by atoms with Crippen molar-refractivity contribution in [3.8, 4) is 0 Å². The van der Waals surface area contributed by atoms with E-state index in [9.17, 15) is 14.7 Å². The van der Waals surface area contributed by atoms with Crippen molar-refractivity contribution in [1.82, 2.24) is 14.6 Å². The number of benzene rings is 1. The van der Waals surface area contributed by atoms with E-state index in [1.54, 1.807) is 0 Å². The van der Waals surface area contributed by atoms with Gasteiger partial charge < -0.3 is 15.3 Å². The molecular weight excluding hydrogens is 372 g/mol. The average Bonchev–Trinajstić information content (AvgIpc) is 2.96. The number of nitrogens with one attached hydrogen (secondary N) is 2. The Labute approximate surface area is 161 Å². The highest BCUT2D eigenvalue weighted by atomic mass is 32.2. The zero-order chi connectivity index (χ0) is 19.1. The first-order valence-electron chi connectivity index (χ1n) is 7.97. The van der Waals surface area contributed by atoms with Crippen LogP contribution in [0, 0.1) is 6.92 Å². The predicted octanol–water partition coefficient (Wildman–Crippen LogP) is 3.13. The van der Waals surface area contributed by atoms with Crippen molar-refractivity contribution in [1.29, 1.82) is 0 Å². The Balaban J connectivity index is 2.01. The second-order valence-electron chi connectivity index (χ2n) is 5.96. The number of aromatic nitrogens is 1. The third kappa shape index (κ3) is 6.01. The molecule has 0 aliphatic rings. The Kier molecular flexibility index (Phi) is 7.43. The van der Waals surface area contributed by atoms with Crippen molar-refractivity contribution in [2.75, 3.05) is 32.5 Å². The first-order chi connectivity index (χ1) is 12.4. The molecule has 2 rings (SSSR count). The molecule has 3 N–H and O–H groups in total. The van der Waals surface area contributed by atoms with Gasteiger partial charge in [0.25, 0.3) is 0 Å². The lowest BCUT2D eigenvalue weighted by Gasteiger charge is -2.10. The summed E-state index contributed by atoms with van der Waals surface area (Å²) in [6, 6.07) is 7.60. The molecule has 1 aromatic carbocycles. The molecule has 9 heteroatoms. The van der Waals surface area contributed by atoms with Gasteiger partial charge in [-0.25, -0.2) is 9.59 Å². The van der Waals surface area contributed by atoms with Crippen LogP contribution in [0.2, 0.25) is 0 Å². The Bertz CT molecular complexity index is 760. The zero-order valence-corrected chi connectivity index (χ0v) is 16.5. The van der Waals surface area contributed by atoms with Gasteiger partial charge in [0.15, 0.2) is 0 Å². The maximum atomic E-state index is 11.9. The number of rotatable bonds is 8. The average molecular weight is 395 g/mol. The maximum Gasteiger partial charge on any atom is 0.341 e. The minimum Gasteiger partial charge on any atom is -0.477 e. The van der Waals surface area contributed by atoms with E-state index in [1.807, 2.05) is 50.2 Å². The summed E-state index contributed by atoms with van der Waals surface area (Å²) in [5.41, 5.74) is 2.29. The fraction of sp³-hybridized carbons (Fsp3) is 0.353. The molecule has 0 spiro atoms. The molecule has 0 saturated carbocycles. The van der Waals surface area contributed by atoms with E-state index in [0.717, 1.165) is 17.1 Å². The number of carboxylic acids is 1. The van der Waals surface area contributed by atoms with E-state index in [2.05, 4.69) is 15.0 Å². The van der Waals surface area contributed by atoms with Gasteiger partial charge in [-0.05, 0) is 38.1 Å². The van der Waals surface area contributed by atoms with Crippen LogP contribution < -0.4 is 10.6 Å². The molecule has 0 bridgehead atoms. The molecule has 26 heavy (non-hydrogen) atoms. The number of likely N-dealkylation sites (N-methyl/N-ethyl adjacent to an activating group) is 1. The number of hydrogen-bond acceptors (Lipinski definition) is 6. The van der Waals surface area contributed by atoms with Crippen LogP contribution in [-0.4, -0.2) is 53.6 Å². The summed E-state index contributed by atoms with van der Waals surface area (Å²) < 4.78 is 4.20. The first-order valence-corrected chi connectivity index (χ1v) is 9.73. The predicted molar refractivity (Wildman–Crippen MR) is 105 cm³/mol. The van der Waals surface area contributed by atoms with E-state index < -0.39 is 12.0 Å². The third-order valence-corrected chi connectivity index (χ3v) is 5.37. The number of amides is 2. The normalized spacial score (nSPS) is 10.8. The van der Waals surface area contributed by atoms with Crippen LogP contribution in [0.5, 0.6) is 0 Å². The third-order valence-electron chi connectivity index (χ3n) is 3.44. The van der Waals surface area contributed by atoms with Gasteiger partial charge in [-0.3, -0.25) is 5.32 Å². The van der Waals surface area contributed by atoms with Crippen LogP contribution >= 0.6 is 23.3 Å². The lowest BCUT2D eigenvalue weighted by molar-refractivity contribution is 0.0694. The van der Waals surface area contributed by atoms with Crippen molar-refractivity contribution in [2.45, 2.75) is 17.7 Å². The highest BCUT2D eigenvalue weighted by molar-refractivity contribution is 7.98. The highest BCUT2D eigenvalue weighted by Crippen LogP contribution is 2.33. The van der Waals surface area contributed by atoms with Gasteiger partial charge in [-0.1, -0.05) is 41.6 Å². The molecule has 2 amide bonds. The lowest BCUT2D eigenvalue weighted by atomic mass is 10.2. The van der Waals surface area contributed by atoms with Crippen LogP contribution in [0.3, 0.4) is 0 Å². The van der Waals surface area contributed by atoms with E-state index >= 15 is 0 Å². The van der Waals surface area contributed by atoms with Crippen LogP contribution in [0.15, 0.2) is 29.3 Å². The second kappa shape index (κ2) is 9.56. The quantitative estimate of drug-likeness (QED) is 0.596. The second-order valence-corrected chi connectivity index (χ2v) is 7.69. The van der Waals surface area contributed by atoms with Crippen molar-refractivity contribution in [3.63, 3.8) is 0 Å². The molecule has 2 aromatic rings. The smallest absolute Gasteiger partial charge is 0.341 e. The largest absolute Gasteiger partial charge is 0.477 e. The zero-order valence-electron chi connectivity index (χ0n) is 14.9. The minimum atomic E-state index is -1.10. The van der Waals surface area contributed by atoms with Crippen molar-refractivity contribution in [3.05, 3.63) is 41.0 Å². The summed E-state index contributed by atoms with van der Waals surface area (Å²) in [5, 5.41) is 15.4. The summed E-state index contributed by atoms with van der Waals surface area (Å²) in [6.45, 7) is 3.18. The molecule has 0 unspecified atom stereocenters. The number of hydrogen-bond donors (Lipinski definition) is 3. The molecule has 1 aromatic heterocycles. The van der Waals surface area contributed by atoms with Gasteiger partial charge >= 0.3 is 12.0 Å². The van der Waals surface area contributed by atoms with Gasteiger partial charge in [-0.15, -0.1) is 0 Å². The van der Waals surface area contributed by atoms with Gasteiger partial charge in [0.1, 0.15) is 15.6 Å². The van der Waals surface area contributed by atoms with E-state index in [1.165, 1.54) is 17.3 Å². The van der Waals surface area contributed by atoms with E-state index in [0.29, 0.717) is 23.9 Å². The number of nitrogens with zero attached hydrogens (tertiary/aromatic N) is 2. The minimum absolute atomic E-state index is 0.0369. The molecule has 0 radical (unpaired) electrons. The number of thioether (sulfide) groups is 1. The monoisotopic (exact) mass is 394 g/mol. The summed E-state index contributed by atoms with van der Waals surface area (Å²) in [4.78, 5) is 25.5. The van der Waals surface area contributed by atoms with Gasteiger partial charge in [-0.2, -0.15) is 4.37 Å². The molecule has 0 aliphatic heterocycles. The number of aromatic carboxylic acids is 1. The molecule has 7 nitrogen and oxygen atoms in total. The standard InChI is InChI=1S/C17H22N4O3S2/c1-11-4-6-12(7-5-11)10-25-15-13(16(22)23)14(26-20-15)19-17(24)18-8-9-21(2)3/h4-7H,8-10H2,1-3H3,(H,22,23)(H2,18,19,24). The molecule has 1 heterocycles. The number of urea groups is 1. The van der Waals surface area contributed by atoms with Crippen LogP contribution in [-0.2, 0) is 5.75 Å². The molecule has 140 valence electrons. The van der Waals surface area contributed by atoms with E-state index in [4.69, 9.17) is 0 Å². The Morgan fingerprint density at radius 3 is 2.58 bits per heavy atom.